The molecule has 1 amide bonds. The predicted molar refractivity (Wildman–Crippen MR) is 103 cm³/mol. The Balaban J connectivity index is 1.91. The molecule has 0 saturated heterocycles. The van der Waals surface area contributed by atoms with Gasteiger partial charge in [0.25, 0.3) is 0 Å². The highest BCUT2D eigenvalue weighted by Gasteiger charge is 2.03. The Morgan fingerprint density at radius 2 is 1.56 bits per heavy atom. The molecule has 5 heteroatoms. The van der Waals surface area contributed by atoms with Gasteiger partial charge in [0.15, 0.2) is 5.81 Å². The molecule has 4 nitrogen and oxygen atoms in total. The summed E-state index contributed by atoms with van der Waals surface area (Å²) in [6.07, 6.45) is 4.07. The summed E-state index contributed by atoms with van der Waals surface area (Å²) in [6.45, 7) is 1.79. The highest BCUT2D eigenvalue weighted by Crippen LogP contribution is 2.16. The number of anilines is 1. The monoisotopic (exact) mass is 335 g/mol. The Morgan fingerprint density at radius 1 is 1.00 bits per heavy atom. The van der Waals surface area contributed by atoms with Crippen LogP contribution in [-0.4, -0.2) is 41.0 Å². The number of rotatable bonds is 8. The maximum atomic E-state index is 11.1. The zero-order valence-corrected chi connectivity index (χ0v) is 14.6. The molecule has 0 spiro atoms. The van der Waals surface area contributed by atoms with Gasteiger partial charge in [-0.05, 0) is 28.8 Å². The number of ether oxygens (including phenoxy) is 2. The van der Waals surface area contributed by atoms with Crippen molar-refractivity contribution in [2.45, 2.75) is 6.61 Å². The van der Waals surface area contributed by atoms with Crippen molar-refractivity contribution in [1.29, 1.82) is 0 Å². The Kier molecular flexibility index (Phi) is 7.45. The fourth-order valence-corrected chi connectivity index (χ4v) is 2.19. The van der Waals surface area contributed by atoms with Crippen molar-refractivity contribution in [3.63, 3.8) is 0 Å². The van der Waals surface area contributed by atoms with E-state index in [9.17, 15) is 4.79 Å². The Hall–Kier alpha value is -2.37. The van der Waals surface area contributed by atoms with E-state index < -0.39 is 5.81 Å². The van der Waals surface area contributed by atoms with E-state index in [2.05, 4.69) is 24.3 Å². The Bertz CT molecular complexity index is 696. The van der Waals surface area contributed by atoms with Crippen molar-refractivity contribution in [2.24, 2.45) is 0 Å². The van der Waals surface area contributed by atoms with Crippen LogP contribution >= 0.6 is 0 Å². The van der Waals surface area contributed by atoms with Gasteiger partial charge in [-0.25, -0.2) is 0 Å². The van der Waals surface area contributed by atoms with Crippen molar-refractivity contribution in [3.05, 3.63) is 65.2 Å². The first-order valence-corrected chi connectivity index (χ1v) is 8.07. The van der Waals surface area contributed by atoms with Gasteiger partial charge in [-0.2, -0.15) is 0 Å². The van der Waals surface area contributed by atoms with E-state index in [-0.39, 0.29) is 0 Å². The van der Waals surface area contributed by atoms with Gasteiger partial charge in [0, 0.05) is 19.8 Å². The Labute approximate surface area is 150 Å². The summed E-state index contributed by atoms with van der Waals surface area (Å²) in [5.41, 5.74) is 4.06. The largest absolute Gasteiger partial charge is 0.382 e. The number of hydrogen-bond acceptors (Lipinski definition) is 3. The molecule has 0 saturated carbocycles. The van der Waals surface area contributed by atoms with Gasteiger partial charge < -0.3 is 14.4 Å². The maximum Gasteiger partial charge on any atom is 0.201 e. The van der Waals surface area contributed by atoms with Gasteiger partial charge in [0.2, 0.25) is 7.85 Å². The quantitative estimate of drug-likeness (QED) is 0.419. The number of hydrogen-bond donors (Lipinski definition) is 0. The van der Waals surface area contributed by atoms with Gasteiger partial charge in [-0.15, -0.1) is 0 Å². The highest BCUT2D eigenvalue weighted by molar-refractivity contribution is 6.60. The molecule has 0 atom stereocenters. The van der Waals surface area contributed by atoms with E-state index in [0.717, 1.165) is 22.4 Å². The van der Waals surface area contributed by atoms with Crippen molar-refractivity contribution >= 4 is 31.5 Å². The van der Waals surface area contributed by atoms with Gasteiger partial charge in [0.05, 0.1) is 19.8 Å². The second kappa shape index (κ2) is 9.82. The van der Waals surface area contributed by atoms with E-state index in [1.165, 1.54) is 4.90 Å². The molecule has 0 aromatic heterocycles. The van der Waals surface area contributed by atoms with Crippen LogP contribution in [0.4, 0.5) is 10.5 Å². The molecule has 0 aliphatic carbocycles. The number of amides is 1. The van der Waals surface area contributed by atoms with Crippen molar-refractivity contribution in [1.82, 2.24) is 0 Å². The third-order valence-electron chi connectivity index (χ3n) is 3.76. The minimum atomic E-state index is -0.477. The fraction of sp³-hybridized carbons (Fsp3) is 0.250. The van der Waals surface area contributed by atoms with Crippen LogP contribution in [0.15, 0.2) is 48.5 Å². The molecule has 0 unspecified atom stereocenters. The molecule has 2 radical (unpaired) electrons. The van der Waals surface area contributed by atoms with E-state index in [0.29, 0.717) is 19.8 Å². The molecular weight excluding hydrogens is 313 g/mol. The van der Waals surface area contributed by atoms with E-state index >= 15 is 0 Å². The van der Waals surface area contributed by atoms with Gasteiger partial charge in [-0.1, -0.05) is 48.6 Å². The third kappa shape index (κ3) is 6.21. The highest BCUT2D eigenvalue weighted by atomic mass is 16.5. The van der Waals surface area contributed by atoms with Crippen LogP contribution in [0.2, 0.25) is 0 Å². The summed E-state index contributed by atoms with van der Waals surface area (Å²) in [5.74, 6) is -0.477. The first-order chi connectivity index (χ1) is 12.1. The lowest BCUT2D eigenvalue weighted by molar-refractivity contribution is 0.0616. The van der Waals surface area contributed by atoms with Crippen LogP contribution in [0.3, 0.4) is 0 Å². The van der Waals surface area contributed by atoms with E-state index in [1.807, 2.05) is 36.4 Å². The van der Waals surface area contributed by atoms with Gasteiger partial charge >= 0.3 is 0 Å². The maximum absolute atomic E-state index is 11.1. The van der Waals surface area contributed by atoms with Crippen LogP contribution in [0.1, 0.15) is 16.7 Å². The first kappa shape index (κ1) is 19.0. The zero-order valence-electron chi connectivity index (χ0n) is 14.6. The lowest BCUT2D eigenvalue weighted by Crippen LogP contribution is -2.24. The van der Waals surface area contributed by atoms with Gasteiger partial charge in [-0.3, -0.25) is 4.79 Å². The number of methoxy groups -OCH3 is 1. The smallest absolute Gasteiger partial charge is 0.201 e. The summed E-state index contributed by atoms with van der Waals surface area (Å²) in [5, 5.41) is 0. The number of carbonyl (C=O) groups excluding carboxylic acids is 1. The minimum Gasteiger partial charge on any atom is -0.382 e. The summed E-state index contributed by atoms with van der Waals surface area (Å²) in [4.78, 5) is 12.5. The summed E-state index contributed by atoms with van der Waals surface area (Å²) in [6, 6.07) is 15.8. The first-order valence-electron chi connectivity index (χ1n) is 8.07. The number of benzene rings is 2. The number of carbonyl (C=O) groups is 1. The van der Waals surface area contributed by atoms with Crippen LogP contribution in [0, 0.1) is 0 Å². The molecule has 25 heavy (non-hydrogen) atoms. The molecule has 2 aromatic rings. The summed E-state index contributed by atoms with van der Waals surface area (Å²) >= 11 is 0. The van der Waals surface area contributed by atoms with Crippen LogP contribution in [0.25, 0.3) is 12.2 Å². The number of nitrogens with zero attached hydrogens (tertiary/aromatic N) is 1. The van der Waals surface area contributed by atoms with Gasteiger partial charge in [0.1, 0.15) is 0 Å². The molecule has 0 aliphatic rings. The average Bonchev–Trinajstić information content (AvgIpc) is 2.64. The molecule has 2 aromatic carbocycles. The lowest BCUT2D eigenvalue weighted by atomic mass is 10.1. The third-order valence-corrected chi connectivity index (χ3v) is 3.76. The van der Waals surface area contributed by atoms with Crippen LogP contribution in [0.5, 0.6) is 0 Å². The van der Waals surface area contributed by atoms with E-state index in [4.69, 9.17) is 17.3 Å². The molecule has 0 aliphatic heterocycles. The fourth-order valence-electron chi connectivity index (χ4n) is 2.19. The summed E-state index contributed by atoms with van der Waals surface area (Å²) in [7, 11) is 8.56. The second-order valence-electron chi connectivity index (χ2n) is 5.61. The van der Waals surface area contributed by atoms with Crippen LogP contribution < -0.4 is 4.90 Å². The van der Waals surface area contributed by atoms with E-state index in [1.54, 1.807) is 14.2 Å². The standard InChI is InChI=1S/C20H22BNO3/c1-22(20(21)23)19-11-9-17(10-12-19)4-3-16-5-7-18(8-6-16)15-25-14-13-24-2/h3-12H,13-15H2,1-2H3/b4-3+. The van der Waals surface area contributed by atoms with Crippen molar-refractivity contribution < 1.29 is 14.3 Å². The molecular formula is C20H22BNO3. The van der Waals surface area contributed by atoms with Crippen LogP contribution in [-0.2, 0) is 16.1 Å². The zero-order chi connectivity index (χ0) is 18.1. The Morgan fingerprint density at radius 3 is 2.08 bits per heavy atom. The SMILES string of the molecule is [B]C(=O)N(C)c1ccc(/C=C/c2ccc(COCCOC)cc2)cc1. The van der Waals surface area contributed by atoms with Crippen molar-refractivity contribution in [2.75, 3.05) is 32.3 Å². The normalized spacial score (nSPS) is 11.0. The van der Waals surface area contributed by atoms with Crippen molar-refractivity contribution in [3.8, 4) is 0 Å². The molecule has 0 heterocycles. The molecule has 0 fully saturated rings. The average molecular weight is 335 g/mol. The topological polar surface area (TPSA) is 38.8 Å². The molecule has 0 N–H and O–H groups in total. The molecule has 128 valence electrons. The second-order valence-corrected chi connectivity index (χ2v) is 5.61. The summed E-state index contributed by atoms with van der Waals surface area (Å²) < 4.78 is 10.4. The lowest BCUT2D eigenvalue weighted by Gasteiger charge is -2.15. The molecule has 0 bridgehead atoms. The predicted octanol–water partition coefficient (Wildman–Crippen LogP) is 3.74. The minimum absolute atomic E-state index is 0.477. The molecule has 2 rings (SSSR count).